The monoisotopic (exact) mass is 397 g/mol. The number of aliphatic imine (C=N–C) groups is 1. The summed E-state index contributed by atoms with van der Waals surface area (Å²) >= 11 is 0. The highest BCUT2D eigenvalue weighted by atomic mass is 19.1. The molecule has 29 heavy (non-hydrogen) atoms. The first kappa shape index (κ1) is 20.6. The van der Waals surface area contributed by atoms with Gasteiger partial charge in [-0.15, -0.1) is 0 Å². The van der Waals surface area contributed by atoms with Crippen LogP contribution in [-0.4, -0.2) is 56.5 Å². The number of hydrogen-bond donors (Lipinski definition) is 2. The minimum atomic E-state index is -0.183. The van der Waals surface area contributed by atoms with E-state index in [1.54, 1.807) is 19.2 Å². The van der Waals surface area contributed by atoms with Crippen molar-refractivity contribution in [3.63, 3.8) is 0 Å². The Morgan fingerprint density at radius 2 is 1.86 bits per heavy atom. The third-order valence-electron chi connectivity index (χ3n) is 4.93. The Labute approximate surface area is 171 Å². The predicted octanol–water partition coefficient (Wildman–Crippen LogP) is 2.47. The highest BCUT2D eigenvalue weighted by Gasteiger charge is 2.21. The minimum absolute atomic E-state index is 0.105. The maximum absolute atomic E-state index is 14.1. The Bertz CT molecular complexity index is 862. The van der Waals surface area contributed by atoms with Crippen molar-refractivity contribution < 1.29 is 9.18 Å². The van der Waals surface area contributed by atoms with Crippen LogP contribution in [0.2, 0.25) is 0 Å². The number of nitrogens with zero attached hydrogens (tertiary/aromatic N) is 3. The summed E-state index contributed by atoms with van der Waals surface area (Å²) < 4.78 is 14.1. The summed E-state index contributed by atoms with van der Waals surface area (Å²) in [4.78, 5) is 20.9. The fourth-order valence-corrected chi connectivity index (χ4v) is 3.41. The van der Waals surface area contributed by atoms with Crippen LogP contribution in [0.1, 0.15) is 22.8 Å². The third-order valence-corrected chi connectivity index (χ3v) is 4.93. The van der Waals surface area contributed by atoms with E-state index in [1.165, 1.54) is 6.07 Å². The number of guanidine groups is 1. The van der Waals surface area contributed by atoms with Crippen molar-refractivity contribution in [3.8, 4) is 0 Å². The quantitative estimate of drug-likeness (QED) is 0.601. The molecule has 1 amide bonds. The number of benzene rings is 2. The van der Waals surface area contributed by atoms with Gasteiger partial charge in [0.05, 0.1) is 12.2 Å². The molecule has 6 nitrogen and oxygen atoms in total. The van der Waals surface area contributed by atoms with E-state index >= 15 is 0 Å². The van der Waals surface area contributed by atoms with Crippen LogP contribution in [0.4, 0.5) is 10.1 Å². The van der Waals surface area contributed by atoms with Gasteiger partial charge in [0.1, 0.15) is 5.82 Å². The summed E-state index contributed by atoms with van der Waals surface area (Å²) in [5.41, 5.74) is 2.26. The molecule has 0 radical (unpaired) electrons. The minimum Gasteiger partial charge on any atom is -0.366 e. The zero-order chi connectivity index (χ0) is 20.6. The lowest BCUT2D eigenvalue weighted by Crippen LogP contribution is -2.52. The number of nitrogens with one attached hydrogen (secondary N) is 2. The molecule has 0 aromatic heterocycles. The summed E-state index contributed by atoms with van der Waals surface area (Å²) in [6.07, 6.45) is 0. The second-order valence-electron chi connectivity index (χ2n) is 6.88. The van der Waals surface area contributed by atoms with E-state index < -0.39 is 0 Å². The van der Waals surface area contributed by atoms with Crippen LogP contribution in [-0.2, 0) is 6.54 Å². The van der Waals surface area contributed by atoms with Gasteiger partial charge in [0.25, 0.3) is 5.91 Å². The lowest BCUT2D eigenvalue weighted by molar-refractivity contribution is 0.0963. The molecule has 1 aliphatic rings. The standard InChI is InChI=1S/C22H28FN5O/c1-3-25-22(26-16-17-7-6-8-18(15-17)21(29)24-2)28-13-11-27(12-14-28)20-10-5-4-9-19(20)23/h4-10,15H,3,11-14,16H2,1-2H3,(H,24,29)(H,25,26). The number of rotatable bonds is 5. The van der Waals surface area contributed by atoms with Gasteiger partial charge in [-0.2, -0.15) is 0 Å². The molecule has 0 bridgehead atoms. The molecule has 2 aromatic carbocycles. The first-order chi connectivity index (χ1) is 14.1. The van der Waals surface area contributed by atoms with E-state index in [2.05, 4.69) is 20.4 Å². The van der Waals surface area contributed by atoms with Gasteiger partial charge in [0.2, 0.25) is 0 Å². The van der Waals surface area contributed by atoms with Crippen molar-refractivity contribution in [2.75, 3.05) is 44.7 Å². The zero-order valence-corrected chi connectivity index (χ0v) is 17.0. The Kier molecular flexibility index (Phi) is 7.05. The molecule has 1 aliphatic heterocycles. The van der Waals surface area contributed by atoms with Crippen LogP contribution in [0, 0.1) is 5.82 Å². The topological polar surface area (TPSA) is 60.0 Å². The molecule has 7 heteroatoms. The normalized spacial score (nSPS) is 14.7. The number of anilines is 1. The van der Waals surface area contributed by atoms with Gasteiger partial charge < -0.3 is 20.4 Å². The van der Waals surface area contributed by atoms with Gasteiger partial charge in [0.15, 0.2) is 5.96 Å². The Balaban J connectivity index is 1.66. The van der Waals surface area contributed by atoms with E-state index in [-0.39, 0.29) is 11.7 Å². The van der Waals surface area contributed by atoms with Crippen molar-refractivity contribution in [2.24, 2.45) is 4.99 Å². The number of halogens is 1. The summed E-state index contributed by atoms with van der Waals surface area (Å²) in [7, 11) is 1.62. The van der Waals surface area contributed by atoms with E-state index in [0.29, 0.717) is 17.8 Å². The maximum Gasteiger partial charge on any atom is 0.251 e. The Morgan fingerprint density at radius 3 is 2.55 bits per heavy atom. The predicted molar refractivity (Wildman–Crippen MR) is 115 cm³/mol. The summed E-state index contributed by atoms with van der Waals surface area (Å²) in [6, 6.07) is 14.4. The van der Waals surface area contributed by atoms with Crippen molar-refractivity contribution in [2.45, 2.75) is 13.5 Å². The molecule has 1 heterocycles. The van der Waals surface area contributed by atoms with Crippen LogP contribution in [0.5, 0.6) is 0 Å². The number of hydrogen-bond acceptors (Lipinski definition) is 3. The average Bonchev–Trinajstić information content (AvgIpc) is 2.77. The van der Waals surface area contributed by atoms with E-state index in [1.807, 2.05) is 37.3 Å². The highest BCUT2D eigenvalue weighted by Crippen LogP contribution is 2.20. The largest absolute Gasteiger partial charge is 0.366 e. The van der Waals surface area contributed by atoms with Crippen LogP contribution >= 0.6 is 0 Å². The molecule has 154 valence electrons. The molecular weight excluding hydrogens is 369 g/mol. The molecule has 0 aliphatic carbocycles. The molecule has 0 unspecified atom stereocenters. The average molecular weight is 397 g/mol. The molecule has 2 aromatic rings. The van der Waals surface area contributed by atoms with E-state index in [9.17, 15) is 9.18 Å². The highest BCUT2D eigenvalue weighted by molar-refractivity contribution is 5.94. The van der Waals surface area contributed by atoms with Gasteiger partial charge >= 0.3 is 0 Å². The fourth-order valence-electron chi connectivity index (χ4n) is 3.41. The van der Waals surface area contributed by atoms with E-state index in [4.69, 9.17) is 4.99 Å². The van der Waals surface area contributed by atoms with Crippen molar-refractivity contribution >= 4 is 17.6 Å². The van der Waals surface area contributed by atoms with Crippen molar-refractivity contribution in [3.05, 3.63) is 65.5 Å². The number of carbonyl (C=O) groups excluding carboxylic acids is 1. The fraction of sp³-hybridized carbons (Fsp3) is 0.364. The van der Waals surface area contributed by atoms with Gasteiger partial charge in [-0.1, -0.05) is 24.3 Å². The van der Waals surface area contributed by atoms with Gasteiger partial charge in [-0.3, -0.25) is 4.79 Å². The third kappa shape index (κ3) is 5.25. The summed E-state index contributed by atoms with van der Waals surface area (Å²) in [5, 5.41) is 5.98. The number of para-hydroxylation sites is 1. The van der Waals surface area contributed by atoms with Crippen LogP contribution in [0.3, 0.4) is 0 Å². The number of carbonyl (C=O) groups is 1. The second kappa shape index (κ2) is 9.91. The lowest BCUT2D eigenvalue weighted by Gasteiger charge is -2.37. The molecule has 3 rings (SSSR count). The zero-order valence-electron chi connectivity index (χ0n) is 17.0. The first-order valence-electron chi connectivity index (χ1n) is 9.96. The SMILES string of the molecule is CCNC(=NCc1cccc(C(=O)NC)c1)N1CCN(c2ccccc2F)CC1. The summed E-state index contributed by atoms with van der Waals surface area (Å²) in [5.74, 6) is 0.551. The first-order valence-corrected chi connectivity index (χ1v) is 9.96. The molecule has 0 atom stereocenters. The van der Waals surface area contributed by atoms with Crippen LogP contribution < -0.4 is 15.5 Å². The van der Waals surface area contributed by atoms with Gasteiger partial charge in [-0.25, -0.2) is 9.38 Å². The lowest BCUT2D eigenvalue weighted by atomic mass is 10.1. The Morgan fingerprint density at radius 1 is 1.10 bits per heavy atom. The number of piperazine rings is 1. The smallest absolute Gasteiger partial charge is 0.251 e. The van der Waals surface area contributed by atoms with Crippen LogP contribution in [0.25, 0.3) is 0 Å². The van der Waals surface area contributed by atoms with Crippen molar-refractivity contribution in [1.29, 1.82) is 0 Å². The number of amides is 1. The molecule has 2 N–H and O–H groups in total. The van der Waals surface area contributed by atoms with Crippen LogP contribution in [0.15, 0.2) is 53.5 Å². The molecule has 1 fully saturated rings. The van der Waals surface area contributed by atoms with E-state index in [0.717, 1.165) is 44.2 Å². The van der Waals surface area contributed by atoms with Gasteiger partial charge in [0, 0.05) is 45.3 Å². The van der Waals surface area contributed by atoms with Crippen molar-refractivity contribution in [1.82, 2.24) is 15.5 Å². The Hall–Kier alpha value is -3.09. The molecule has 1 saturated heterocycles. The molecule has 0 saturated carbocycles. The molecule has 0 spiro atoms. The maximum atomic E-state index is 14.1. The molecular formula is C22H28FN5O. The summed E-state index contributed by atoms with van der Waals surface area (Å²) in [6.45, 7) is 6.29. The van der Waals surface area contributed by atoms with Gasteiger partial charge in [-0.05, 0) is 36.8 Å². The second-order valence-corrected chi connectivity index (χ2v) is 6.88.